The number of benzene rings is 1. The second-order valence-electron chi connectivity index (χ2n) is 26.7. The summed E-state index contributed by atoms with van der Waals surface area (Å²) in [4.78, 5) is 52.7. The van der Waals surface area contributed by atoms with E-state index in [0.717, 1.165) is 51.5 Å². The van der Waals surface area contributed by atoms with Gasteiger partial charge < -0.3 is 151 Å². The highest BCUT2D eigenvalue weighted by atomic mass is 16.8. The number of nitrogens with one attached hydrogen (secondary N) is 3. The molecular formula is C67H112N4O30. The van der Waals surface area contributed by atoms with Gasteiger partial charge in [-0.3, -0.25) is 19.2 Å². The van der Waals surface area contributed by atoms with Gasteiger partial charge >= 0.3 is 0 Å². The molecule has 0 spiro atoms. The predicted octanol–water partition coefficient (Wildman–Crippen LogP) is -5.14. The Hall–Kier alpha value is -4.04. The van der Waals surface area contributed by atoms with Crippen LogP contribution < -0.4 is 21.7 Å². The molecule has 21 N–H and O–H groups in total. The van der Waals surface area contributed by atoms with Crippen LogP contribution in [0.15, 0.2) is 36.4 Å². The van der Waals surface area contributed by atoms with Gasteiger partial charge in [0.1, 0.15) is 116 Å². The fourth-order valence-corrected chi connectivity index (χ4v) is 13.1. The highest BCUT2D eigenvalue weighted by Gasteiger charge is 2.60. The topological polar surface area (TPSA) is 546 Å². The van der Waals surface area contributed by atoms with Crippen molar-refractivity contribution in [1.82, 2.24) is 16.0 Å². The highest BCUT2D eigenvalue weighted by Crippen LogP contribution is 2.40. The van der Waals surface area contributed by atoms with Crippen LogP contribution in [0.25, 0.3) is 6.08 Å². The van der Waals surface area contributed by atoms with Crippen LogP contribution in [0.1, 0.15) is 135 Å². The van der Waals surface area contributed by atoms with Crippen molar-refractivity contribution in [3.05, 3.63) is 42.0 Å². The first kappa shape index (κ1) is 85.9. The number of carbonyl (C=O) groups excluding carboxylic acids is 4. The quantitative estimate of drug-likeness (QED) is 0.0215. The smallest absolute Gasteiger partial charge is 0.229 e. The summed E-state index contributed by atoms with van der Waals surface area (Å²) in [6, 6.07) is 3.12. The van der Waals surface area contributed by atoms with Crippen molar-refractivity contribution in [3.8, 4) is 0 Å². The summed E-state index contributed by atoms with van der Waals surface area (Å²) < 4.78 is 60.2. The third-order valence-corrected chi connectivity index (χ3v) is 18.9. The lowest BCUT2D eigenvalue weighted by Crippen LogP contribution is -2.71. The average Bonchev–Trinajstić information content (AvgIpc) is 0.731. The van der Waals surface area contributed by atoms with E-state index in [9.17, 15) is 101 Å². The van der Waals surface area contributed by atoms with E-state index in [1.807, 2.05) is 6.07 Å². The van der Waals surface area contributed by atoms with Gasteiger partial charge in [0.05, 0.1) is 70.0 Å². The van der Waals surface area contributed by atoms with Gasteiger partial charge in [-0.15, -0.1) is 0 Å². The molecule has 0 radical (unpaired) electrons. The molecule has 5 heterocycles. The molecule has 0 aliphatic carbocycles. The van der Waals surface area contributed by atoms with Crippen LogP contribution in [0.3, 0.4) is 0 Å². The Morgan fingerprint density at radius 3 is 1.64 bits per heavy atom. The van der Waals surface area contributed by atoms with Crippen LogP contribution >= 0.6 is 0 Å². The number of nitrogens with two attached hydrogens (primary N) is 1. The summed E-state index contributed by atoms with van der Waals surface area (Å²) in [5.41, 5.74) is 7.23. The zero-order chi connectivity index (χ0) is 74.1. The first-order valence-electron chi connectivity index (χ1n) is 35.2. The number of unbranched alkanes of at least 4 members (excludes halogenated alkanes) is 14. The Morgan fingerprint density at radius 2 is 1.08 bits per heavy atom. The average molecular weight is 1450 g/mol. The predicted molar refractivity (Wildman–Crippen MR) is 350 cm³/mol. The van der Waals surface area contributed by atoms with Gasteiger partial charge in [0.25, 0.3) is 0 Å². The highest BCUT2D eigenvalue weighted by molar-refractivity contribution is 5.76. The van der Waals surface area contributed by atoms with Gasteiger partial charge in [-0.1, -0.05) is 139 Å². The number of aliphatic hydroxyl groups is 16. The fraction of sp³-hybridized carbons (Fsp3) is 0.821. The zero-order valence-corrected chi connectivity index (χ0v) is 57.5. The van der Waals surface area contributed by atoms with Gasteiger partial charge in [-0.25, -0.2) is 0 Å². The maximum absolute atomic E-state index is 13.6. The van der Waals surface area contributed by atoms with Gasteiger partial charge in [0, 0.05) is 26.7 Å². The van der Waals surface area contributed by atoms with E-state index in [-0.39, 0.29) is 12.7 Å². The van der Waals surface area contributed by atoms with E-state index in [2.05, 4.69) is 22.9 Å². The number of amides is 3. The number of carbonyl (C=O) groups is 4. The Balaban J connectivity index is 1.24. The Kier molecular flexibility index (Phi) is 36.5. The molecule has 0 saturated carbocycles. The zero-order valence-electron chi connectivity index (χ0n) is 57.5. The molecule has 3 amide bonds. The molecule has 34 heteroatoms. The molecule has 580 valence electrons. The maximum Gasteiger partial charge on any atom is 0.229 e. The lowest BCUT2D eigenvalue weighted by molar-refractivity contribution is -0.400. The van der Waals surface area contributed by atoms with Crippen LogP contribution in [0, 0.1) is 0 Å². The molecule has 5 aliphatic heterocycles. The van der Waals surface area contributed by atoms with Gasteiger partial charge in [0.2, 0.25) is 23.5 Å². The Morgan fingerprint density at radius 1 is 0.584 bits per heavy atom. The minimum atomic E-state index is -2.95. The van der Waals surface area contributed by atoms with Crippen LogP contribution in [0.4, 0.5) is 0 Å². The molecular weight excluding hydrogens is 1340 g/mol. The standard InChI is InChI=1S/C67H112N4O30/c1-4-5-6-7-8-9-10-11-12-13-14-15-16-17-21-24-46(82)71-39(49(83)38(68)26-25-37-22-19-18-20-23-37)33-92-64-56(90)54(88)58(44(31-75)95-64)97-66-57(91)62(101-67(34-77)27-40(80)47(69-35(2)78)61(100-67)50(84)41(81)28-72)59(45(32-76)96-66)98-63-48(70-36(3)79)60(52(86)43(30-74)93-63)99-65-55(89)53(87)51(85)42(29-73)94-65/h18-20,22-23,25-26,34,38-45,47-66,72-76,80-81,83-91H,4-17,21,24,27-33,68H2,1-3H3,(H,69,78)(H,70,79)(H,71,82)/b26-25+/t38-,39+,40-,41-,42?,43?,44?,45?,47-,48+,49-,50-,51+,52+,53?,54-,55+,56?,57+,58-,59+,60?,61?,62?,63+,64-,65+,66+,67+/m1/s1. The molecule has 101 heavy (non-hydrogen) atoms. The van der Waals surface area contributed by atoms with Crippen LogP contribution in [0.2, 0.25) is 0 Å². The Bertz CT molecular complexity index is 2590. The molecule has 0 aromatic heterocycles. The second kappa shape index (κ2) is 42.9. The molecule has 1 aromatic rings. The third kappa shape index (κ3) is 24.2. The van der Waals surface area contributed by atoms with Crippen molar-refractivity contribution in [2.75, 3.05) is 39.6 Å². The number of rotatable bonds is 42. The van der Waals surface area contributed by atoms with Crippen molar-refractivity contribution in [2.45, 2.75) is 307 Å². The normalized spacial score (nSPS) is 36.2. The van der Waals surface area contributed by atoms with E-state index in [0.29, 0.717) is 6.42 Å². The SMILES string of the molecule is CCCCCCCCCCCCCCCCCC(=O)N[C@@H](CO[C@@H]1OC(CO)[C@@H](O[C@@H]2OC(CO)[C@H](O[C@@H]3OC(CO)[C@H](O)C(O[C@@H]4OC(CO)[C@H](O)C(O)[C@@H]4O)[C@@H]3NC(C)=O)C(O[C@]3(C=O)C[C@@H](O)[C@@H](NC(C)=O)C([C@H](O)[C@H](O)CO)O3)[C@@H]2O)[C@H](O)C1O)[C@H](O)[C@H](N)/C=C/c1ccccc1. The fourth-order valence-electron chi connectivity index (χ4n) is 13.1. The first-order chi connectivity index (χ1) is 48.3. The lowest BCUT2D eigenvalue weighted by atomic mass is 9.88. The number of aldehydes is 1. The monoisotopic (exact) mass is 1450 g/mol. The van der Waals surface area contributed by atoms with Crippen LogP contribution in [-0.4, -0.2) is 323 Å². The lowest BCUT2D eigenvalue weighted by Gasteiger charge is -2.52. The van der Waals surface area contributed by atoms with Crippen molar-refractivity contribution >= 4 is 30.1 Å². The summed E-state index contributed by atoms with van der Waals surface area (Å²) in [6.45, 7) is -1.79. The Labute approximate surface area is 586 Å². The van der Waals surface area contributed by atoms with E-state index < -0.39 is 241 Å². The van der Waals surface area contributed by atoms with Crippen molar-refractivity contribution in [1.29, 1.82) is 0 Å². The molecule has 9 unspecified atom stereocenters. The number of hydrogen-bond donors (Lipinski definition) is 20. The first-order valence-corrected chi connectivity index (χ1v) is 35.2. The minimum Gasteiger partial charge on any atom is -0.394 e. The molecule has 0 bridgehead atoms. The van der Waals surface area contributed by atoms with E-state index in [1.165, 1.54) is 63.9 Å². The largest absolute Gasteiger partial charge is 0.394 e. The van der Waals surface area contributed by atoms with Gasteiger partial charge in [-0.05, 0) is 12.0 Å². The summed E-state index contributed by atoms with van der Waals surface area (Å²) in [5, 5.41) is 185. The molecule has 5 aliphatic rings. The number of aliphatic hydroxyl groups excluding tert-OH is 16. The summed E-state index contributed by atoms with van der Waals surface area (Å²) in [5.74, 6) is -5.12. The summed E-state index contributed by atoms with van der Waals surface area (Å²) in [6.07, 6.45) is -29.4. The van der Waals surface area contributed by atoms with Crippen molar-refractivity contribution in [3.63, 3.8) is 0 Å². The molecule has 1 aromatic carbocycles. The van der Waals surface area contributed by atoms with Crippen molar-refractivity contribution < 1.29 is 148 Å². The van der Waals surface area contributed by atoms with Crippen molar-refractivity contribution in [2.24, 2.45) is 5.73 Å². The second-order valence-corrected chi connectivity index (χ2v) is 26.7. The van der Waals surface area contributed by atoms with Gasteiger partial charge in [-0.2, -0.15) is 0 Å². The molecule has 6 rings (SSSR count). The third-order valence-electron chi connectivity index (χ3n) is 18.9. The van der Waals surface area contributed by atoms with E-state index in [4.69, 9.17) is 53.1 Å². The number of ether oxygens (including phenoxy) is 10. The van der Waals surface area contributed by atoms with E-state index >= 15 is 0 Å². The molecule has 29 atom stereocenters. The minimum absolute atomic E-state index is 0.0727. The summed E-state index contributed by atoms with van der Waals surface area (Å²) in [7, 11) is 0. The van der Waals surface area contributed by atoms with Crippen LogP contribution in [-0.2, 0) is 66.5 Å². The van der Waals surface area contributed by atoms with Crippen LogP contribution in [0.5, 0.6) is 0 Å². The molecule has 5 saturated heterocycles. The number of hydrogen-bond acceptors (Lipinski definition) is 31. The van der Waals surface area contributed by atoms with E-state index in [1.54, 1.807) is 30.3 Å². The summed E-state index contributed by atoms with van der Waals surface area (Å²) >= 11 is 0. The van der Waals surface area contributed by atoms with Gasteiger partial charge in [0.15, 0.2) is 31.4 Å². The maximum atomic E-state index is 13.6. The molecule has 5 fully saturated rings. The molecule has 34 nitrogen and oxygen atoms in total.